The van der Waals surface area contributed by atoms with E-state index in [0.717, 1.165) is 70.3 Å². The number of aliphatic hydroxyl groups is 2. The molecule has 388 valence electrons. The van der Waals surface area contributed by atoms with Gasteiger partial charge in [-0.1, -0.05) is 72.8 Å². The summed E-state index contributed by atoms with van der Waals surface area (Å²) >= 11 is 0. The van der Waals surface area contributed by atoms with E-state index in [9.17, 15) is 29.4 Å². The molecule has 0 heterocycles. The summed E-state index contributed by atoms with van der Waals surface area (Å²) in [5.41, 5.74) is 13.6. The maximum atomic E-state index is 14.3. The van der Waals surface area contributed by atoms with Gasteiger partial charge in [-0.25, -0.2) is 0 Å². The third-order valence-corrected chi connectivity index (χ3v) is 14.1. The second-order valence-corrected chi connectivity index (χ2v) is 19.7. The number of unbranched alkanes of at least 4 members (excludes halogenated alkanes) is 4. The lowest BCUT2D eigenvalue weighted by molar-refractivity contribution is -0.230. The zero-order chi connectivity index (χ0) is 52.1. The summed E-state index contributed by atoms with van der Waals surface area (Å²) < 4.78 is 23.5. The molecule has 0 atom stereocenters. The fourth-order valence-corrected chi connectivity index (χ4v) is 9.65. The number of rotatable bonds is 28. The van der Waals surface area contributed by atoms with Crippen molar-refractivity contribution in [3.8, 4) is 11.5 Å². The summed E-state index contributed by atoms with van der Waals surface area (Å²) in [6, 6.07) is 27.0. The molecule has 12 heteroatoms. The van der Waals surface area contributed by atoms with Crippen LogP contribution < -0.4 is 20.9 Å². The van der Waals surface area contributed by atoms with E-state index in [1.54, 1.807) is 103 Å². The number of nitrogens with two attached hydrogens (primary N) is 2. The first-order valence-corrected chi connectivity index (χ1v) is 25.9. The van der Waals surface area contributed by atoms with E-state index >= 15 is 0 Å². The topological polar surface area (TPSA) is 198 Å². The number of ketones is 2. The van der Waals surface area contributed by atoms with Crippen LogP contribution in [0.5, 0.6) is 11.5 Å². The van der Waals surface area contributed by atoms with E-state index in [1.807, 2.05) is 12.2 Å². The maximum absolute atomic E-state index is 14.3. The largest absolute Gasteiger partial charge is 0.426 e. The van der Waals surface area contributed by atoms with E-state index in [0.29, 0.717) is 84.0 Å². The molecule has 4 aromatic carbocycles. The molecule has 0 aliphatic heterocycles. The summed E-state index contributed by atoms with van der Waals surface area (Å²) in [4.78, 5) is 54.6. The monoisotopic (exact) mass is 995 g/mol. The van der Waals surface area contributed by atoms with Crippen molar-refractivity contribution in [3.63, 3.8) is 0 Å². The number of allylic oxidation sites excluding steroid dienone is 3. The standard InChI is InChI=1S/C61H74N2O10/c1-3-5-7-9-39-70-53-34-21-48(22-35-53)58(66)72-55-30-16-44(17-31-55)15-29-52(64)43-60(41-46-11-25-50(62)26-12-46,42-47-13-27-51(63)28-14-47)61(68,69)57(65)38-20-45-18-32-56(33-19-45)73-59(67)49-23-36-54(37-24-49)71-40-10-8-6-4-2/h3-4,11-20,25-33,38,48-49,53-54,68-69H,1-2,5-10,21-24,34-37,39-43,62-63H2. The Labute approximate surface area is 431 Å². The highest BCUT2D eigenvalue weighted by atomic mass is 16.5. The molecule has 4 aromatic rings. The molecular weight excluding hydrogens is 921 g/mol. The highest BCUT2D eigenvalue weighted by molar-refractivity contribution is 6.01. The third-order valence-electron chi connectivity index (χ3n) is 14.1. The molecule has 0 unspecified atom stereocenters. The van der Waals surface area contributed by atoms with Crippen LogP contribution in [0.1, 0.15) is 119 Å². The zero-order valence-electron chi connectivity index (χ0n) is 42.2. The van der Waals surface area contributed by atoms with Crippen LogP contribution in [0.4, 0.5) is 11.4 Å². The van der Waals surface area contributed by atoms with Gasteiger partial charge < -0.3 is 40.6 Å². The second-order valence-electron chi connectivity index (χ2n) is 19.7. The Morgan fingerprint density at radius 2 is 0.945 bits per heavy atom. The van der Waals surface area contributed by atoms with Gasteiger partial charge in [0, 0.05) is 36.4 Å². The summed E-state index contributed by atoms with van der Waals surface area (Å²) in [5, 5.41) is 24.5. The number of benzene rings is 4. The molecule has 2 aliphatic carbocycles. The third kappa shape index (κ3) is 17.3. The Balaban J connectivity index is 1.12. The molecule has 2 saturated carbocycles. The lowest BCUT2D eigenvalue weighted by Crippen LogP contribution is -2.57. The molecule has 6 rings (SSSR count). The van der Waals surface area contributed by atoms with Gasteiger partial charge in [0.15, 0.2) is 5.78 Å². The number of hydrogen-bond acceptors (Lipinski definition) is 12. The first-order valence-electron chi connectivity index (χ1n) is 25.9. The van der Waals surface area contributed by atoms with Crippen LogP contribution in [-0.2, 0) is 41.5 Å². The Morgan fingerprint density at radius 3 is 1.34 bits per heavy atom. The summed E-state index contributed by atoms with van der Waals surface area (Å²) in [6.07, 6.45) is 21.0. The van der Waals surface area contributed by atoms with Crippen molar-refractivity contribution < 1.29 is 48.3 Å². The number of ether oxygens (including phenoxy) is 4. The number of carbonyl (C=O) groups excluding carboxylic acids is 4. The molecule has 2 aliphatic rings. The van der Waals surface area contributed by atoms with Crippen molar-refractivity contribution in [2.45, 2.75) is 127 Å². The fraction of sp³-hybridized carbons (Fsp3) is 0.410. The zero-order valence-corrected chi connectivity index (χ0v) is 42.2. The smallest absolute Gasteiger partial charge is 0.314 e. The molecule has 0 spiro atoms. The molecule has 12 nitrogen and oxygen atoms in total. The maximum Gasteiger partial charge on any atom is 0.314 e. The predicted molar refractivity (Wildman–Crippen MR) is 287 cm³/mol. The highest BCUT2D eigenvalue weighted by Crippen LogP contribution is 2.43. The molecule has 0 bridgehead atoms. The van der Waals surface area contributed by atoms with E-state index in [2.05, 4.69) is 13.2 Å². The molecule has 0 amide bonds. The van der Waals surface area contributed by atoms with Crippen LogP contribution in [0.3, 0.4) is 0 Å². The van der Waals surface area contributed by atoms with Crippen molar-refractivity contribution in [2.24, 2.45) is 17.3 Å². The Hall–Kier alpha value is -6.44. The minimum Gasteiger partial charge on any atom is -0.426 e. The van der Waals surface area contributed by atoms with Gasteiger partial charge in [0.25, 0.3) is 0 Å². The van der Waals surface area contributed by atoms with E-state index in [4.69, 9.17) is 30.4 Å². The molecule has 2 fully saturated rings. The number of esters is 2. The van der Waals surface area contributed by atoms with Gasteiger partial charge in [-0.3, -0.25) is 19.2 Å². The predicted octanol–water partition coefficient (Wildman–Crippen LogP) is 10.9. The number of hydrogen-bond donors (Lipinski definition) is 4. The first kappa shape index (κ1) is 55.9. The van der Waals surface area contributed by atoms with E-state index in [1.165, 1.54) is 12.2 Å². The lowest BCUT2D eigenvalue weighted by atomic mass is 9.65. The van der Waals surface area contributed by atoms with Crippen molar-refractivity contribution in [1.82, 2.24) is 0 Å². The quantitative estimate of drug-likeness (QED) is 0.00800. The van der Waals surface area contributed by atoms with Gasteiger partial charge in [-0.05, 0) is 186 Å². The van der Waals surface area contributed by atoms with Crippen molar-refractivity contribution >= 4 is 47.0 Å². The average molecular weight is 995 g/mol. The van der Waals surface area contributed by atoms with Gasteiger partial charge in [0.2, 0.25) is 11.6 Å². The Bertz CT molecular complexity index is 2410. The fourth-order valence-electron chi connectivity index (χ4n) is 9.65. The number of nitrogen functional groups attached to an aromatic ring is 2. The average Bonchev–Trinajstić information content (AvgIpc) is 3.39. The molecule has 0 aromatic heterocycles. The van der Waals surface area contributed by atoms with Gasteiger partial charge in [0.1, 0.15) is 11.5 Å². The van der Waals surface area contributed by atoms with Crippen LogP contribution in [-0.4, -0.2) is 64.9 Å². The van der Waals surface area contributed by atoms with E-state index < -0.39 is 29.2 Å². The lowest BCUT2D eigenvalue weighted by Gasteiger charge is -2.42. The number of carbonyl (C=O) groups is 4. The Morgan fingerprint density at radius 1 is 0.548 bits per heavy atom. The SMILES string of the molecule is C=CCCCCOC1CCC(C(=O)Oc2ccc(C=CC(=O)CC(Cc3ccc(N)cc3)(Cc3ccc(N)cc3)C(O)(O)C(=O)C=Cc3ccc(OC(=O)C4CCC(OCCCCC=C)CC4)cc3)cc2)CC1. The molecule has 0 saturated heterocycles. The van der Waals surface area contributed by atoms with Gasteiger partial charge in [0.05, 0.1) is 24.0 Å². The minimum absolute atomic E-state index is 0.0977. The van der Waals surface area contributed by atoms with Crippen LogP contribution in [0.25, 0.3) is 12.2 Å². The molecule has 73 heavy (non-hydrogen) atoms. The molecular formula is C61H74N2O10. The van der Waals surface area contributed by atoms with Crippen LogP contribution >= 0.6 is 0 Å². The number of anilines is 2. The highest BCUT2D eigenvalue weighted by Gasteiger charge is 2.54. The van der Waals surface area contributed by atoms with Crippen LogP contribution in [0.2, 0.25) is 0 Å². The summed E-state index contributed by atoms with van der Waals surface area (Å²) in [7, 11) is 0. The van der Waals surface area contributed by atoms with Gasteiger partial charge >= 0.3 is 11.9 Å². The summed E-state index contributed by atoms with van der Waals surface area (Å²) in [5.74, 6) is -4.86. The van der Waals surface area contributed by atoms with Gasteiger partial charge in [-0.15, -0.1) is 13.2 Å². The van der Waals surface area contributed by atoms with Gasteiger partial charge in [-0.2, -0.15) is 0 Å². The van der Waals surface area contributed by atoms with E-state index in [-0.39, 0.29) is 48.8 Å². The summed E-state index contributed by atoms with van der Waals surface area (Å²) in [6.45, 7) is 8.94. The van der Waals surface area contributed by atoms with Crippen molar-refractivity contribution in [1.29, 1.82) is 0 Å². The minimum atomic E-state index is -3.08. The molecule has 0 radical (unpaired) electrons. The van der Waals surface area contributed by atoms with Crippen LogP contribution in [0.15, 0.2) is 135 Å². The molecule has 6 N–H and O–H groups in total. The Kier molecular flexibility index (Phi) is 21.5. The van der Waals surface area contributed by atoms with Crippen LogP contribution in [0, 0.1) is 17.3 Å². The van der Waals surface area contributed by atoms with Crippen molar-refractivity contribution in [3.05, 3.63) is 157 Å². The first-order chi connectivity index (χ1) is 35.2. The normalized spacial score (nSPS) is 18.3. The second kappa shape index (κ2) is 28.1. The van der Waals surface area contributed by atoms with Crippen molar-refractivity contribution in [2.75, 3.05) is 24.7 Å².